The molecule has 1 aromatic rings. The first-order chi connectivity index (χ1) is 7.31. The molecule has 0 aliphatic carbocycles. The number of ether oxygens (including phenoxy) is 1. The van der Waals surface area contributed by atoms with Gasteiger partial charge in [-0.3, -0.25) is 0 Å². The minimum Gasteiger partial charge on any atom is -0.495 e. The quantitative estimate of drug-likeness (QED) is 0.732. The number of hydrogen-bond acceptors (Lipinski definition) is 2. The standard InChI is InChI=1S/C12H12ClNO/c1-15-12-6-5-10(4-2-3-7-13)8-11(12)9-14/h2,4-6,8H,3,7H2,1H3. The maximum absolute atomic E-state index is 8.87. The van der Waals surface area contributed by atoms with Crippen molar-refractivity contribution in [3.8, 4) is 11.8 Å². The molecular weight excluding hydrogens is 210 g/mol. The lowest BCUT2D eigenvalue weighted by molar-refractivity contribution is 0.413. The van der Waals surface area contributed by atoms with E-state index in [0.29, 0.717) is 17.2 Å². The van der Waals surface area contributed by atoms with Gasteiger partial charge in [-0.25, -0.2) is 0 Å². The van der Waals surface area contributed by atoms with Crippen LogP contribution in [0.2, 0.25) is 0 Å². The van der Waals surface area contributed by atoms with Gasteiger partial charge < -0.3 is 4.74 Å². The van der Waals surface area contributed by atoms with E-state index < -0.39 is 0 Å². The molecule has 1 rings (SSSR count). The number of nitriles is 1. The Morgan fingerprint density at radius 3 is 2.93 bits per heavy atom. The van der Waals surface area contributed by atoms with E-state index in [9.17, 15) is 0 Å². The molecule has 2 nitrogen and oxygen atoms in total. The number of alkyl halides is 1. The van der Waals surface area contributed by atoms with E-state index in [2.05, 4.69) is 6.07 Å². The summed E-state index contributed by atoms with van der Waals surface area (Å²) in [7, 11) is 1.55. The Morgan fingerprint density at radius 1 is 1.53 bits per heavy atom. The summed E-state index contributed by atoms with van der Waals surface area (Å²) in [5.74, 6) is 1.21. The Balaban J connectivity index is 2.89. The smallest absolute Gasteiger partial charge is 0.136 e. The molecule has 0 atom stereocenters. The van der Waals surface area contributed by atoms with Crippen LogP contribution in [0.5, 0.6) is 5.75 Å². The largest absolute Gasteiger partial charge is 0.495 e. The van der Waals surface area contributed by atoms with E-state index in [1.165, 1.54) is 0 Å². The van der Waals surface area contributed by atoms with Crippen molar-refractivity contribution >= 4 is 17.7 Å². The van der Waals surface area contributed by atoms with Crippen molar-refractivity contribution in [3.63, 3.8) is 0 Å². The highest BCUT2D eigenvalue weighted by molar-refractivity contribution is 6.17. The second-order valence-corrected chi connectivity index (χ2v) is 3.33. The maximum atomic E-state index is 8.87. The molecule has 0 saturated heterocycles. The highest BCUT2D eigenvalue weighted by atomic mass is 35.5. The van der Waals surface area contributed by atoms with E-state index in [0.717, 1.165) is 12.0 Å². The minimum atomic E-state index is 0.547. The first kappa shape index (κ1) is 11.6. The summed E-state index contributed by atoms with van der Waals surface area (Å²) in [4.78, 5) is 0. The molecule has 0 unspecified atom stereocenters. The van der Waals surface area contributed by atoms with Crippen molar-refractivity contribution in [2.45, 2.75) is 6.42 Å². The Labute approximate surface area is 94.7 Å². The van der Waals surface area contributed by atoms with Crippen molar-refractivity contribution in [3.05, 3.63) is 35.4 Å². The van der Waals surface area contributed by atoms with Gasteiger partial charge in [-0.1, -0.05) is 18.2 Å². The van der Waals surface area contributed by atoms with Gasteiger partial charge in [-0.15, -0.1) is 11.6 Å². The molecule has 3 heteroatoms. The van der Waals surface area contributed by atoms with Crippen LogP contribution in [0.25, 0.3) is 6.08 Å². The highest BCUT2D eigenvalue weighted by Crippen LogP contribution is 2.19. The topological polar surface area (TPSA) is 33.0 Å². The van der Waals surface area contributed by atoms with Gasteiger partial charge in [0.2, 0.25) is 0 Å². The van der Waals surface area contributed by atoms with Crippen LogP contribution in [0.1, 0.15) is 17.5 Å². The van der Waals surface area contributed by atoms with Gasteiger partial charge in [0.25, 0.3) is 0 Å². The molecule has 0 radical (unpaired) electrons. The van der Waals surface area contributed by atoms with Gasteiger partial charge >= 0.3 is 0 Å². The fraction of sp³-hybridized carbons (Fsp3) is 0.250. The molecule has 0 bridgehead atoms. The van der Waals surface area contributed by atoms with Crippen LogP contribution in [-0.4, -0.2) is 13.0 Å². The molecule has 15 heavy (non-hydrogen) atoms. The van der Waals surface area contributed by atoms with Gasteiger partial charge in [-0.2, -0.15) is 5.26 Å². The van der Waals surface area contributed by atoms with Crippen molar-refractivity contribution in [2.24, 2.45) is 0 Å². The van der Waals surface area contributed by atoms with Gasteiger partial charge in [0.05, 0.1) is 12.7 Å². The number of benzene rings is 1. The predicted octanol–water partition coefficient (Wildman–Crippen LogP) is 3.21. The molecule has 0 aromatic heterocycles. The third kappa shape index (κ3) is 3.30. The first-order valence-electron chi connectivity index (χ1n) is 4.62. The van der Waals surface area contributed by atoms with Crippen molar-refractivity contribution in [2.75, 3.05) is 13.0 Å². The van der Waals surface area contributed by atoms with Crippen LogP contribution < -0.4 is 4.74 Å². The third-order valence-corrected chi connectivity index (χ3v) is 2.15. The summed E-state index contributed by atoms with van der Waals surface area (Å²) in [5, 5.41) is 8.87. The minimum absolute atomic E-state index is 0.547. The molecule has 0 N–H and O–H groups in total. The summed E-state index contributed by atoms with van der Waals surface area (Å²) in [6.07, 6.45) is 4.76. The second kappa shape index (κ2) is 6.10. The van der Waals surface area contributed by atoms with Crippen molar-refractivity contribution < 1.29 is 4.74 Å². The number of nitrogens with zero attached hydrogens (tertiary/aromatic N) is 1. The van der Waals surface area contributed by atoms with Gasteiger partial charge in [0.15, 0.2) is 0 Å². The van der Waals surface area contributed by atoms with Crippen LogP contribution in [0, 0.1) is 11.3 Å². The average Bonchev–Trinajstić information content (AvgIpc) is 2.29. The van der Waals surface area contributed by atoms with Crippen molar-refractivity contribution in [1.82, 2.24) is 0 Å². The number of halogens is 1. The van der Waals surface area contributed by atoms with Gasteiger partial charge in [0.1, 0.15) is 11.8 Å². The molecule has 1 aromatic carbocycles. The Hall–Kier alpha value is -1.46. The monoisotopic (exact) mass is 221 g/mol. The zero-order valence-corrected chi connectivity index (χ0v) is 9.29. The molecule has 0 spiro atoms. The summed E-state index contributed by atoms with van der Waals surface area (Å²) >= 11 is 5.55. The number of rotatable bonds is 4. The summed E-state index contributed by atoms with van der Waals surface area (Å²) in [6.45, 7) is 0. The summed E-state index contributed by atoms with van der Waals surface area (Å²) < 4.78 is 5.05. The molecule has 78 valence electrons. The number of allylic oxidation sites excluding steroid dienone is 1. The van der Waals surface area contributed by atoms with Crippen LogP contribution in [0.15, 0.2) is 24.3 Å². The van der Waals surface area contributed by atoms with Crippen molar-refractivity contribution in [1.29, 1.82) is 5.26 Å². The van der Waals surface area contributed by atoms with E-state index in [1.807, 2.05) is 18.2 Å². The van der Waals surface area contributed by atoms with Crippen LogP contribution >= 0.6 is 11.6 Å². The van der Waals surface area contributed by atoms with Gasteiger partial charge in [0, 0.05) is 5.88 Å². The van der Waals surface area contributed by atoms with E-state index >= 15 is 0 Å². The fourth-order valence-corrected chi connectivity index (χ4v) is 1.33. The number of methoxy groups -OCH3 is 1. The first-order valence-corrected chi connectivity index (χ1v) is 5.16. The third-order valence-electron chi connectivity index (χ3n) is 1.93. The van der Waals surface area contributed by atoms with E-state index in [-0.39, 0.29) is 0 Å². The Kier molecular flexibility index (Phi) is 4.73. The van der Waals surface area contributed by atoms with E-state index in [4.69, 9.17) is 21.6 Å². The molecule has 0 aliphatic heterocycles. The lowest BCUT2D eigenvalue weighted by atomic mass is 10.1. The molecule has 0 fully saturated rings. The molecule has 0 aliphatic rings. The Morgan fingerprint density at radius 2 is 2.33 bits per heavy atom. The molecule has 0 heterocycles. The van der Waals surface area contributed by atoms with Crippen LogP contribution in [-0.2, 0) is 0 Å². The maximum Gasteiger partial charge on any atom is 0.136 e. The Bertz CT molecular complexity index is 393. The molecular formula is C12H12ClNO. The predicted molar refractivity (Wildman–Crippen MR) is 62.1 cm³/mol. The molecule has 0 saturated carbocycles. The zero-order valence-electron chi connectivity index (χ0n) is 8.53. The lowest BCUT2D eigenvalue weighted by Gasteiger charge is -2.02. The second-order valence-electron chi connectivity index (χ2n) is 2.95. The summed E-state index contributed by atoms with van der Waals surface area (Å²) in [6, 6.07) is 7.59. The van der Waals surface area contributed by atoms with Crippen LogP contribution in [0.3, 0.4) is 0 Å². The normalized spacial score (nSPS) is 10.2. The average molecular weight is 222 g/mol. The van der Waals surface area contributed by atoms with Gasteiger partial charge in [-0.05, 0) is 24.1 Å². The van der Waals surface area contributed by atoms with Crippen LogP contribution in [0.4, 0.5) is 0 Å². The zero-order chi connectivity index (χ0) is 11.1. The van der Waals surface area contributed by atoms with E-state index in [1.54, 1.807) is 19.2 Å². The fourth-order valence-electron chi connectivity index (χ4n) is 1.20. The lowest BCUT2D eigenvalue weighted by Crippen LogP contribution is -1.88. The highest BCUT2D eigenvalue weighted by Gasteiger charge is 2.01. The molecule has 0 amide bonds. The SMILES string of the molecule is COc1ccc(C=CCCCl)cc1C#N. The summed E-state index contributed by atoms with van der Waals surface area (Å²) in [5.41, 5.74) is 1.53. The number of hydrogen-bond donors (Lipinski definition) is 0.